The Kier molecular flexibility index (Phi) is 4.80. The van der Waals surface area contributed by atoms with Crippen LogP contribution < -0.4 is 4.74 Å². The molecule has 1 unspecified atom stereocenters. The lowest BCUT2D eigenvalue weighted by Crippen LogP contribution is -2.34. The smallest absolute Gasteiger partial charge is 0.316 e. The van der Waals surface area contributed by atoms with E-state index < -0.39 is 0 Å². The first-order valence-corrected chi connectivity index (χ1v) is 8.23. The Hall–Kier alpha value is -1.79. The number of ether oxygens (including phenoxy) is 1. The van der Waals surface area contributed by atoms with Crippen LogP contribution in [0.4, 0.5) is 0 Å². The molecule has 0 aliphatic carbocycles. The molecule has 1 aliphatic heterocycles. The molecule has 0 saturated carbocycles. The van der Waals surface area contributed by atoms with Crippen LogP contribution >= 0.6 is 23.4 Å². The first kappa shape index (κ1) is 15.1. The third-order valence-corrected chi connectivity index (χ3v) is 4.75. The number of carbonyl (C=O) groups excluding carboxylic acids is 1. The summed E-state index contributed by atoms with van der Waals surface area (Å²) in [6.07, 6.45) is 3.16. The van der Waals surface area contributed by atoms with Gasteiger partial charge < -0.3 is 9.64 Å². The molecule has 2 aromatic rings. The summed E-state index contributed by atoms with van der Waals surface area (Å²) in [6.45, 7) is 0.643. The van der Waals surface area contributed by atoms with Gasteiger partial charge in [-0.2, -0.15) is 0 Å². The van der Waals surface area contributed by atoms with Crippen LogP contribution in [-0.2, 0) is 4.79 Å². The summed E-state index contributed by atoms with van der Waals surface area (Å²) in [5.41, 5.74) is 1.07. The SMILES string of the molecule is O=C(COc1ncccn1)N1CCSC1c1ccc(Cl)cc1. The minimum Gasteiger partial charge on any atom is -0.453 e. The summed E-state index contributed by atoms with van der Waals surface area (Å²) < 4.78 is 5.34. The lowest BCUT2D eigenvalue weighted by Gasteiger charge is -2.24. The Bertz CT molecular complexity index is 639. The zero-order valence-electron chi connectivity index (χ0n) is 11.7. The minimum absolute atomic E-state index is 0.00468. The van der Waals surface area contributed by atoms with Crippen LogP contribution in [0.25, 0.3) is 0 Å². The van der Waals surface area contributed by atoms with E-state index in [2.05, 4.69) is 9.97 Å². The van der Waals surface area contributed by atoms with E-state index in [0.717, 1.165) is 11.3 Å². The van der Waals surface area contributed by atoms with Crippen LogP contribution in [0.15, 0.2) is 42.7 Å². The molecule has 1 aromatic carbocycles. The zero-order chi connectivity index (χ0) is 15.4. The molecule has 0 N–H and O–H groups in total. The first-order valence-electron chi connectivity index (χ1n) is 6.80. The fourth-order valence-electron chi connectivity index (χ4n) is 2.20. The van der Waals surface area contributed by atoms with Gasteiger partial charge in [-0.3, -0.25) is 4.79 Å². The molecule has 0 bridgehead atoms. The fraction of sp³-hybridized carbons (Fsp3) is 0.267. The van der Waals surface area contributed by atoms with Crippen molar-refractivity contribution in [1.82, 2.24) is 14.9 Å². The predicted molar refractivity (Wildman–Crippen MR) is 85.9 cm³/mol. The third kappa shape index (κ3) is 3.51. The van der Waals surface area contributed by atoms with Crippen molar-refractivity contribution >= 4 is 29.3 Å². The summed E-state index contributed by atoms with van der Waals surface area (Å²) in [5.74, 6) is 0.832. The van der Waals surface area contributed by atoms with Gasteiger partial charge in [0.1, 0.15) is 5.37 Å². The van der Waals surface area contributed by atoms with Gasteiger partial charge in [-0.15, -0.1) is 11.8 Å². The number of carbonyl (C=O) groups is 1. The van der Waals surface area contributed by atoms with E-state index in [0.29, 0.717) is 11.6 Å². The zero-order valence-corrected chi connectivity index (χ0v) is 13.3. The van der Waals surface area contributed by atoms with Crippen molar-refractivity contribution in [3.63, 3.8) is 0 Å². The molecule has 3 rings (SSSR count). The van der Waals surface area contributed by atoms with Crippen molar-refractivity contribution < 1.29 is 9.53 Å². The normalized spacial score (nSPS) is 17.5. The number of halogens is 1. The van der Waals surface area contributed by atoms with Gasteiger partial charge in [0, 0.05) is 29.7 Å². The minimum atomic E-state index is -0.0718. The molecule has 5 nitrogen and oxygen atoms in total. The average Bonchev–Trinajstić information content (AvgIpc) is 3.04. The number of hydrogen-bond acceptors (Lipinski definition) is 5. The van der Waals surface area contributed by atoms with E-state index in [1.54, 1.807) is 30.2 Å². The molecule has 22 heavy (non-hydrogen) atoms. The van der Waals surface area contributed by atoms with Crippen molar-refractivity contribution in [1.29, 1.82) is 0 Å². The molecule has 1 saturated heterocycles. The summed E-state index contributed by atoms with van der Waals surface area (Å²) in [4.78, 5) is 22.1. The Labute approximate surface area is 137 Å². The van der Waals surface area contributed by atoms with Gasteiger partial charge in [-0.05, 0) is 23.8 Å². The highest BCUT2D eigenvalue weighted by Gasteiger charge is 2.30. The van der Waals surface area contributed by atoms with Gasteiger partial charge in [-0.25, -0.2) is 9.97 Å². The number of aromatic nitrogens is 2. The Balaban J connectivity index is 1.65. The second-order valence-corrected chi connectivity index (χ2v) is 6.31. The molecule has 1 fully saturated rings. The number of thioether (sulfide) groups is 1. The maximum absolute atomic E-state index is 12.4. The van der Waals surface area contributed by atoms with Crippen LogP contribution in [0.1, 0.15) is 10.9 Å². The monoisotopic (exact) mass is 335 g/mol. The molecular weight excluding hydrogens is 322 g/mol. The van der Waals surface area contributed by atoms with Gasteiger partial charge in [0.25, 0.3) is 5.91 Å². The highest BCUT2D eigenvalue weighted by Crippen LogP contribution is 2.38. The van der Waals surface area contributed by atoms with E-state index in [9.17, 15) is 4.79 Å². The summed E-state index contributed by atoms with van der Waals surface area (Å²) in [6, 6.07) is 9.49. The lowest BCUT2D eigenvalue weighted by molar-refractivity contribution is -0.133. The third-order valence-electron chi connectivity index (χ3n) is 3.23. The highest BCUT2D eigenvalue weighted by molar-refractivity contribution is 7.99. The second-order valence-electron chi connectivity index (χ2n) is 4.68. The Morgan fingerprint density at radius 3 is 2.77 bits per heavy atom. The number of benzene rings is 1. The van der Waals surface area contributed by atoms with Gasteiger partial charge in [0.05, 0.1) is 0 Å². The van der Waals surface area contributed by atoms with Crippen LogP contribution in [0.5, 0.6) is 6.01 Å². The van der Waals surface area contributed by atoms with Crippen molar-refractivity contribution in [2.75, 3.05) is 18.9 Å². The topological polar surface area (TPSA) is 55.3 Å². The molecule has 1 aromatic heterocycles. The van der Waals surface area contributed by atoms with E-state index in [4.69, 9.17) is 16.3 Å². The summed E-state index contributed by atoms with van der Waals surface area (Å²) in [7, 11) is 0. The van der Waals surface area contributed by atoms with Crippen LogP contribution in [-0.4, -0.2) is 39.7 Å². The lowest BCUT2D eigenvalue weighted by atomic mass is 10.2. The van der Waals surface area contributed by atoms with Crippen molar-refractivity contribution in [3.05, 3.63) is 53.3 Å². The van der Waals surface area contributed by atoms with Crippen molar-refractivity contribution in [2.45, 2.75) is 5.37 Å². The number of rotatable bonds is 4. The molecule has 0 spiro atoms. The van der Waals surface area contributed by atoms with Crippen LogP contribution in [0, 0.1) is 0 Å². The highest BCUT2D eigenvalue weighted by atomic mass is 35.5. The Morgan fingerprint density at radius 2 is 2.05 bits per heavy atom. The van der Waals surface area contributed by atoms with Gasteiger partial charge in [0.2, 0.25) is 0 Å². The maximum atomic E-state index is 12.4. The summed E-state index contributed by atoms with van der Waals surface area (Å²) >= 11 is 7.65. The van der Waals surface area contributed by atoms with Gasteiger partial charge >= 0.3 is 6.01 Å². The molecule has 1 aliphatic rings. The van der Waals surface area contributed by atoms with E-state index in [1.807, 2.05) is 29.2 Å². The quantitative estimate of drug-likeness (QED) is 0.860. The Morgan fingerprint density at radius 1 is 1.32 bits per heavy atom. The van der Waals surface area contributed by atoms with E-state index in [-0.39, 0.29) is 23.9 Å². The maximum Gasteiger partial charge on any atom is 0.316 e. The van der Waals surface area contributed by atoms with Crippen LogP contribution in [0.3, 0.4) is 0 Å². The van der Waals surface area contributed by atoms with Crippen molar-refractivity contribution in [3.8, 4) is 6.01 Å². The van der Waals surface area contributed by atoms with Gasteiger partial charge in [0.15, 0.2) is 6.61 Å². The summed E-state index contributed by atoms with van der Waals surface area (Å²) in [5, 5.41) is 0.694. The largest absolute Gasteiger partial charge is 0.453 e. The predicted octanol–water partition coefficient (Wildman–Crippen LogP) is 2.78. The molecule has 7 heteroatoms. The van der Waals surface area contributed by atoms with E-state index >= 15 is 0 Å². The fourth-order valence-corrected chi connectivity index (χ4v) is 3.60. The molecule has 2 heterocycles. The molecular formula is C15H14ClN3O2S. The van der Waals surface area contributed by atoms with E-state index in [1.165, 1.54) is 0 Å². The first-order chi connectivity index (χ1) is 10.7. The number of nitrogens with zero attached hydrogens (tertiary/aromatic N) is 3. The molecule has 114 valence electrons. The molecule has 1 amide bonds. The standard InChI is InChI=1S/C15H14ClN3O2S/c16-12-4-2-11(3-5-12)14-19(8-9-22-14)13(20)10-21-15-17-6-1-7-18-15/h1-7,14H,8-10H2. The van der Waals surface area contributed by atoms with Crippen LogP contribution in [0.2, 0.25) is 5.02 Å². The second kappa shape index (κ2) is 6.98. The number of hydrogen-bond donors (Lipinski definition) is 0. The molecule has 1 atom stereocenters. The van der Waals surface area contributed by atoms with Gasteiger partial charge in [-0.1, -0.05) is 23.7 Å². The van der Waals surface area contributed by atoms with Crippen molar-refractivity contribution in [2.24, 2.45) is 0 Å². The molecule has 0 radical (unpaired) electrons. The average molecular weight is 336 g/mol. The number of amides is 1.